The molecule has 3 aromatic rings. The highest BCUT2D eigenvalue weighted by Crippen LogP contribution is 2.27. The van der Waals surface area contributed by atoms with Crippen molar-refractivity contribution < 1.29 is 28.6 Å². The van der Waals surface area contributed by atoms with Crippen molar-refractivity contribution in [3.8, 4) is 17.2 Å². The van der Waals surface area contributed by atoms with Gasteiger partial charge in [0.2, 0.25) is 0 Å². The second kappa shape index (κ2) is 11.7. The molecule has 180 valence electrons. The monoisotopic (exact) mass is 495 g/mol. The topological polar surface area (TPSA) is 115 Å². The molecule has 0 bridgehead atoms. The SMILES string of the molecule is COc1cccc(C(=O)Oc2ccc(C(C)=NNC(=O)C(=O)Nc3cc(Cl)ccc3OC)cc2)c1. The highest BCUT2D eigenvalue weighted by atomic mass is 35.5. The number of amides is 2. The first-order chi connectivity index (χ1) is 16.8. The highest BCUT2D eigenvalue weighted by Gasteiger charge is 2.16. The van der Waals surface area contributed by atoms with E-state index in [2.05, 4.69) is 15.8 Å². The summed E-state index contributed by atoms with van der Waals surface area (Å²) in [6, 6.07) is 17.7. The Kier molecular flexibility index (Phi) is 8.42. The van der Waals surface area contributed by atoms with E-state index in [0.29, 0.717) is 39.1 Å². The van der Waals surface area contributed by atoms with Crippen LogP contribution < -0.4 is 25.0 Å². The van der Waals surface area contributed by atoms with Gasteiger partial charge in [0, 0.05) is 5.02 Å². The third kappa shape index (κ3) is 6.81. The number of nitrogens with zero attached hydrogens (tertiary/aromatic N) is 1. The number of benzene rings is 3. The first-order valence-electron chi connectivity index (χ1n) is 10.3. The van der Waals surface area contributed by atoms with Gasteiger partial charge in [0.05, 0.1) is 31.2 Å². The summed E-state index contributed by atoms with van der Waals surface area (Å²) in [5, 5.41) is 6.75. The van der Waals surface area contributed by atoms with E-state index in [1.807, 2.05) is 0 Å². The predicted octanol–water partition coefficient (Wildman–Crippen LogP) is 4.06. The standard InChI is InChI=1S/C25H22ClN3O6/c1-15(28-29-24(31)23(30)27-21-14-18(26)9-12-22(21)34-3)16-7-10-19(11-8-16)35-25(32)17-5-4-6-20(13-17)33-2/h4-14H,1-3H3,(H,27,30)(H,29,31). The first kappa shape index (κ1) is 25.3. The molecule has 0 saturated heterocycles. The second-order valence-electron chi connectivity index (χ2n) is 7.08. The van der Waals surface area contributed by atoms with Gasteiger partial charge in [0.25, 0.3) is 0 Å². The van der Waals surface area contributed by atoms with Crippen LogP contribution in [0.2, 0.25) is 5.02 Å². The predicted molar refractivity (Wildman–Crippen MR) is 131 cm³/mol. The van der Waals surface area contributed by atoms with E-state index in [0.717, 1.165) is 0 Å². The van der Waals surface area contributed by atoms with Gasteiger partial charge in [-0.1, -0.05) is 17.7 Å². The van der Waals surface area contributed by atoms with Gasteiger partial charge in [-0.2, -0.15) is 5.10 Å². The molecule has 0 heterocycles. The van der Waals surface area contributed by atoms with E-state index in [-0.39, 0.29) is 5.69 Å². The summed E-state index contributed by atoms with van der Waals surface area (Å²) in [5.74, 6) is -1.23. The van der Waals surface area contributed by atoms with E-state index < -0.39 is 17.8 Å². The Balaban J connectivity index is 1.59. The van der Waals surface area contributed by atoms with Crippen LogP contribution in [-0.2, 0) is 9.59 Å². The van der Waals surface area contributed by atoms with Gasteiger partial charge in [-0.15, -0.1) is 0 Å². The highest BCUT2D eigenvalue weighted by molar-refractivity contribution is 6.40. The van der Waals surface area contributed by atoms with E-state index in [1.165, 1.54) is 20.3 Å². The zero-order valence-electron chi connectivity index (χ0n) is 19.1. The van der Waals surface area contributed by atoms with Crippen molar-refractivity contribution in [1.82, 2.24) is 5.43 Å². The lowest BCUT2D eigenvalue weighted by Crippen LogP contribution is -2.33. The molecule has 2 amide bonds. The average Bonchev–Trinajstić information content (AvgIpc) is 2.87. The van der Waals surface area contributed by atoms with Crippen molar-refractivity contribution in [2.45, 2.75) is 6.92 Å². The van der Waals surface area contributed by atoms with E-state index in [1.54, 1.807) is 67.6 Å². The molecule has 0 atom stereocenters. The van der Waals surface area contributed by atoms with Crippen molar-refractivity contribution in [3.05, 3.63) is 82.9 Å². The van der Waals surface area contributed by atoms with E-state index in [9.17, 15) is 14.4 Å². The molecule has 0 fully saturated rings. The number of nitrogens with one attached hydrogen (secondary N) is 2. The molecule has 3 aromatic carbocycles. The fraction of sp³-hybridized carbons (Fsp3) is 0.120. The van der Waals surface area contributed by atoms with Crippen molar-refractivity contribution in [1.29, 1.82) is 0 Å². The molecular weight excluding hydrogens is 474 g/mol. The zero-order chi connectivity index (χ0) is 25.4. The minimum absolute atomic E-state index is 0.250. The maximum absolute atomic E-state index is 12.3. The number of esters is 1. The quantitative estimate of drug-likeness (QED) is 0.168. The average molecular weight is 496 g/mol. The number of halogens is 1. The smallest absolute Gasteiger partial charge is 0.343 e. The minimum Gasteiger partial charge on any atom is -0.497 e. The number of methoxy groups -OCH3 is 2. The lowest BCUT2D eigenvalue weighted by atomic mass is 10.1. The summed E-state index contributed by atoms with van der Waals surface area (Å²) in [7, 11) is 2.94. The zero-order valence-corrected chi connectivity index (χ0v) is 19.9. The molecule has 35 heavy (non-hydrogen) atoms. The molecule has 0 aliphatic carbocycles. The molecule has 10 heteroatoms. The van der Waals surface area contributed by atoms with Gasteiger partial charge in [-0.25, -0.2) is 10.2 Å². The summed E-state index contributed by atoms with van der Waals surface area (Å²) < 4.78 is 15.6. The molecule has 0 radical (unpaired) electrons. The van der Waals surface area contributed by atoms with Crippen LogP contribution in [0, 0.1) is 0 Å². The number of hydrogen-bond donors (Lipinski definition) is 2. The van der Waals surface area contributed by atoms with Gasteiger partial charge >= 0.3 is 17.8 Å². The first-order valence-corrected chi connectivity index (χ1v) is 10.6. The van der Waals surface area contributed by atoms with Crippen molar-refractivity contribution >= 4 is 40.8 Å². The van der Waals surface area contributed by atoms with Crippen LogP contribution in [0.15, 0.2) is 71.8 Å². The van der Waals surface area contributed by atoms with Crippen LogP contribution in [0.3, 0.4) is 0 Å². The summed E-state index contributed by atoms with van der Waals surface area (Å²) >= 11 is 5.93. The number of ether oxygens (including phenoxy) is 3. The van der Waals surface area contributed by atoms with E-state index in [4.69, 9.17) is 25.8 Å². The van der Waals surface area contributed by atoms with Crippen LogP contribution in [0.25, 0.3) is 0 Å². The Labute approximate surface area is 206 Å². The number of carbonyl (C=O) groups excluding carboxylic acids is 3. The summed E-state index contributed by atoms with van der Waals surface area (Å²) in [6.45, 7) is 1.65. The fourth-order valence-corrected chi connectivity index (χ4v) is 3.06. The van der Waals surface area contributed by atoms with Crippen LogP contribution in [0.4, 0.5) is 5.69 Å². The number of hydrogen-bond acceptors (Lipinski definition) is 7. The number of rotatable bonds is 7. The summed E-state index contributed by atoms with van der Waals surface area (Å²) in [4.78, 5) is 36.7. The molecule has 0 aliphatic heterocycles. The maximum Gasteiger partial charge on any atom is 0.343 e. The van der Waals surface area contributed by atoms with Crippen molar-refractivity contribution in [3.63, 3.8) is 0 Å². The minimum atomic E-state index is -0.977. The molecule has 0 saturated carbocycles. The number of carbonyl (C=O) groups is 3. The third-order valence-electron chi connectivity index (χ3n) is 4.73. The molecule has 3 rings (SSSR count). The van der Waals surface area contributed by atoms with E-state index >= 15 is 0 Å². The Hall–Kier alpha value is -4.37. The molecule has 0 spiro atoms. The van der Waals surface area contributed by atoms with Crippen molar-refractivity contribution in [2.75, 3.05) is 19.5 Å². The van der Waals surface area contributed by atoms with Gasteiger partial charge in [-0.3, -0.25) is 9.59 Å². The lowest BCUT2D eigenvalue weighted by Gasteiger charge is -2.10. The second-order valence-corrected chi connectivity index (χ2v) is 7.52. The molecule has 0 unspecified atom stereocenters. The fourth-order valence-electron chi connectivity index (χ4n) is 2.89. The Morgan fingerprint density at radius 3 is 2.26 bits per heavy atom. The Bertz CT molecular complexity index is 1270. The van der Waals surface area contributed by atoms with Crippen LogP contribution in [-0.4, -0.2) is 37.7 Å². The van der Waals surface area contributed by atoms with Gasteiger partial charge in [-0.05, 0) is 73.2 Å². The van der Waals surface area contributed by atoms with Crippen LogP contribution in [0.5, 0.6) is 17.2 Å². The molecule has 2 N–H and O–H groups in total. The summed E-state index contributed by atoms with van der Waals surface area (Å²) in [6.07, 6.45) is 0. The largest absolute Gasteiger partial charge is 0.497 e. The molecule has 0 aromatic heterocycles. The molecule has 9 nitrogen and oxygen atoms in total. The number of hydrazone groups is 1. The van der Waals surface area contributed by atoms with Gasteiger partial charge in [0.15, 0.2) is 0 Å². The maximum atomic E-state index is 12.3. The Morgan fingerprint density at radius 1 is 0.829 bits per heavy atom. The molecule has 0 aliphatic rings. The lowest BCUT2D eigenvalue weighted by molar-refractivity contribution is -0.136. The summed E-state index contributed by atoms with van der Waals surface area (Å²) in [5.41, 5.74) is 3.87. The number of anilines is 1. The van der Waals surface area contributed by atoms with Gasteiger partial charge < -0.3 is 19.5 Å². The molecular formula is C25H22ClN3O6. The van der Waals surface area contributed by atoms with Crippen LogP contribution in [0.1, 0.15) is 22.8 Å². The van der Waals surface area contributed by atoms with Gasteiger partial charge in [0.1, 0.15) is 17.2 Å². The normalized spacial score (nSPS) is 10.8. The van der Waals surface area contributed by atoms with Crippen LogP contribution >= 0.6 is 11.6 Å². The van der Waals surface area contributed by atoms with Crippen molar-refractivity contribution in [2.24, 2.45) is 5.10 Å². The Morgan fingerprint density at radius 2 is 1.57 bits per heavy atom. The third-order valence-corrected chi connectivity index (χ3v) is 4.96.